The number of likely N-dealkylation sites (tertiary alicyclic amines) is 1. The molecule has 1 aliphatic heterocycles. The fraction of sp³-hybridized carbons (Fsp3) is 0.500. The number of carbonyl (C=O) groups excluding carboxylic acids is 2. The van der Waals surface area contributed by atoms with Crippen LogP contribution in [0.1, 0.15) is 29.6 Å². The Balaban J connectivity index is 2.20. The first-order valence-corrected chi connectivity index (χ1v) is 6.53. The van der Waals surface area contributed by atoms with Crippen LogP contribution in [0.5, 0.6) is 0 Å². The van der Waals surface area contributed by atoms with Gasteiger partial charge in [0.25, 0.3) is 5.91 Å². The maximum atomic E-state index is 12.5. The van der Waals surface area contributed by atoms with Crippen molar-refractivity contribution < 1.29 is 9.59 Å². The SMILES string of the molecule is CN(C)C(=O)C1CCCCN1C(=O)c1cccnc1. The van der Waals surface area contributed by atoms with Crippen molar-refractivity contribution in [2.75, 3.05) is 20.6 Å². The third-order valence-electron chi connectivity index (χ3n) is 3.40. The van der Waals surface area contributed by atoms with Gasteiger partial charge in [0.05, 0.1) is 5.56 Å². The predicted molar refractivity (Wildman–Crippen MR) is 71.6 cm³/mol. The molecule has 0 aliphatic carbocycles. The Morgan fingerprint density at radius 3 is 2.79 bits per heavy atom. The first-order chi connectivity index (χ1) is 9.11. The summed E-state index contributed by atoms with van der Waals surface area (Å²) in [7, 11) is 3.45. The summed E-state index contributed by atoms with van der Waals surface area (Å²) in [4.78, 5) is 31.8. The average Bonchev–Trinajstić information content (AvgIpc) is 2.46. The zero-order chi connectivity index (χ0) is 13.8. The van der Waals surface area contributed by atoms with Crippen molar-refractivity contribution in [2.24, 2.45) is 0 Å². The number of nitrogens with zero attached hydrogens (tertiary/aromatic N) is 3. The van der Waals surface area contributed by atoms with Crippen LogP contribution in [0, 0.1) is 0 Å². The van der Waals surface area contributed by atoms with Crippen molar-refractivity contribution in [3.63, 3.8) is 0 Å². The lowest BCUT2D eigenvalue weighted by Crippen LogP contribution is -2.51. The van der Waals surface area contributed by atoms with Gasteiger partial charge in [0, 0.05) is 33.0 Å². The van der Waals surface area contributed by atoms with E-state index in [2.05, 4.69) is 4.98 Å². The third kappa shape index (κ3) is 2.92. The van der Waals surface area contributed by atoms with E-state index in [9.17, 15) is 9.59 Å². The number of rotatable bonds is 2. The van der Waals surface area contributed by atoms with Gasteiger partial charge in [0.15, 0.2) is 0 Å². The van der Waals surface area contributed by atoms with E-state index < -0.39 is 0 Å². The summed E-state index contributed by atoms with van der Waals surface area (Å²) in [5.41, 5.74) is 0.543. The van der Waals surface area contributed by atoms with Crippen LogP contribution in [0.4, 0.5) is 0 Å². The van der Waals surface area contributed by atoms with Gasteiger partial charge in [-0.05, 0) is 31.4 Å². The summed E-state index contributed by atoms with van der Waals surface area (Å²) in [6.07, 6.45) is 5.86. The number of piperidine rings is 1. The van der Waals surface area contributed by atoms with Gasteiger partial charge in [-0.1, -0.05) is 0 Å². The number of pyridine rings is 1. The molecule has 1 saturated heterocycles. The fourth-order valence-corrected chi connectivity index (χ4v) is 2.38. The molecular weight excluding hydrogens is 242 g/mol. The molecule has 1 aromatic rings. The Morgan fingerprint density at radius 2 is 2.16 bits per heavy atom. The normalized spacial score (nSPS) is 19.1. The first kappa shape index (κ1) is 13.5. The van der Waals surface area contributed by atoms with Gasteiger partial charge in [-0.25, -0.2) is 0 Å². The highest BCUT2D eigenvalue weighted by molar-refractivity contribution is 5.97. The summed E-state index contributed by atoms with van der Waals surface area (Å²) in [5.74, 6) is -0.107. The molecule has 0 aromatic carbocycles. The molecule has 0 radical (unpaired) electrons. The highest BCUT2D eigenvalue weighted by atomic mass is 16.2. The molecule has 1 atom stereocenters. The van der Waals surface area contributed by atoms with Gasteiger partial charge in [0.2, 0.25) is 5.91 Å². The monoisotopic (exact) mass is 261 g/mol. The molecule has 0 bridgehead atoms. The van der Waals surface area contributed by atoms with Crippen LogP contribution >= 0.6 is 0 Å². The molecule has 2 heterocycles. The van der Waals surface area contributed by atoms with Crippen molar-refractivity contribution >= 4 is 11.8 Å². The molecule has 19 heavy (non-hydrogen) atoms. The Labute approximate surface area is 113 Å². The number of amides is 2. The van der Waals surface area contributed by atoms with Crippen molar-refractivity contribution in [3.05, 3.63) is 30.1 Å². The fourth-order valence-electron chi connectivity index (χ4n) is 2.38. The molecule has 5 heteroatoms. The summed E-state index contributed by atoms with van der Waals surface area (Å²) in [6.45, 7) is 0.637. The molecule has 5 nitrogen and oxygen atoms in total. The second-order valence-corrected chi connectivity index (χ2v) is 4.98. The van der Waals surface area contributed by atoms with Gasteiger partial charge >= 0.3 is 0 Å². The molecular formula is C14H19N3O2. The summed E-state index contributed by atoms with van der Waals surface area (Å²) in [6, 6.07) is 3.14. The van der Waals surface area contributed by atoms with E-state index in [0.717, 1.165) is 19.3 Å². The first-order valence-electron chi connectivity index (χ1n) is 6.53. The smallest absolute Gasteiger partial charge is 0.256 e. The van der Waals surface area contributed by atoms with Crippen LogP contribution in [0.2, 0.25) is 0 Å². The second kappa shape index (κ2) is 5.82. The summed E-state index contributed by atoms with van der Waals surface area (Å²) in [5, 5.41) is 0. The lowest BCUT2D eigenvalue weighted by atomic mass is 10.00. The average molecular weight is 261 g/mol. The molecule has 0 N–H and O–H groups in total. The van der Waals surface area contributed by atoms with Gasteiger partial charge in [-0.3, -0.25) is 14.6 Å². The highest BCUT2D eigenvalue weighted by Gasteiger charge is 2.33. The van der Waals surface area contributed by atoms with Crippen molar-refractivity contribution in [3.8, 4) is 0 Å². The molecule has 1 aliphatic rings. The quantitative estimate of drug-likeness (QED) is 0.803. The van der Waals surface area contributed by atoms with Gasteiger partial charge in [-0.2, -0.15) is 0 Å². The van der Waals surface area contributed by atoms with Crippen LogP contribution in [0.25, 0.3) is 0 Å². The number of hydrogen-bond acceptors (Lipinski definition) is 3. The molecule has 1 aromatic heterocycles. The minimum absolute atomic E-state index is 0.00283. The van der Waals surface area contributed by atoms with Crippen LogP contribution in [-0.4, -0.2) is 53.3 Å². The Kier molecular flexibility index (Phi) is 4.14. The minimum atomic E-state index is -0.337. The molecule has 1 unspecified atom stereocenters. The standard InChI is InChI=1S/C14H19N3O2/c1-16(2)14(19)12-7-3-4-9-17(12)13(18)11-6-5-8-15-10-11/h5-6,8,10,12H,3-4,7,9H2,1-2H3. The van der Waals surface area contributed by atoms with E-state index in [-0.39, 0.29) is 17.9 Å². The molecule has 1 fully saturated rings. The van der Waals surface area contributed by atoms with E-state index in [0.29, 0.717) is 12.1 Å². The Bertz CT molecular complexity index is 459. The maximum Gasteiger partial charge on any atom is 0.256 e. The number of likely N-dealkylation sites (N-methyl/N-ethyl adjacent to an activating group) is 1. The van der Waals surface area contributed by atoms with Gasteiger partial charge in [0.1, 0.15) is 6.04 Å². The van der Waals surface area contributed by atoms with Crippen molar-refractivity contribution in [1.29, 1.82) is 0 Å². The number of aromatic nitrogens is 1. The van der Waals surface area contributed by atoms with E-state index in [1.807, 2.05) is 0 Å². The molecule has 102 valence electrons. The van der Waals surface area contributed by atoms with E-state index in [1.165, 1.54) is 0 Å². The summed E-state index contributed by atoms with van der Waals surface area (Å²) >= 11 is 0. The Morgan fingerprint density at radius 1 is 1.37 bits per heavy atom. The Hall–Kier alpha value is -1.91. The number of carbonyl (C=O) groups is 2. The lowest BCUT2D eigenvalue weighted by Gasteiger charge is -2.36. The summed E-state index contributed by atoms with van der Waals surface area (Å²) < 4.78 is 0. The van der Waals surface area contributed by atoms with E-state index >= 15 is 0 Å². The lowest BCUT2D eigenvalue weighted by molar-refractivity contribution is -0.134. The van der Waals surface area contributed by atoms with Crippen molar-refractivity contribution in [2.45, 2.75) is 25.3 Å². The van der Waals surface area contributed by atoms with E-state index in [4.69, 9.17) is 0 Å². The predicted octanol–water partition coefficient (Wildman–Crippen LogP) is 1.16. The maximum absolute atomic E-state index is 12.5. The van der Waals surface area contributed by atoms with Gasteiger partial charge < -0.3 is 9.80 Å². The van der Waals surface area contributed by atoms with Crippen LogP contribution < -0.4 is 0 Å². The topological polar surface area (TPSA) is 53.5 Å². The van der Waals surface area contributed by atoms with E-state index in [1.54, 1.807) is 48.4 Å². The van der Waals surface area contributed by atoms with Crippen LogP contribution in [0.15, 0.2) is 24.5 Å². The van der Waals surface area contributed by atoms with Crippen LogP contribution in [0.3, 0.4) is 0 Å². The van der Waals surface area contributed by atoms with Crippen molar-refractivity contribution in [1.82, 2.24) is 14.8 Å². The zero-order valence-electron chi connectivity index (χ0n) is 11.4. The highest BCUT2D eigenvalue weighted by Crippen LogP contribution is 2.20. The molecule has 2 amide bonds. The largest absolute Gasteiger partial charge is 0.347 e. The zero-order valence-corrected chi connectivity index (χ0v) is 11.4. The molecule has 2 rings (SSSR count). The minimum Gasteiger partial charge on any atom is -0.347 e. The second-order valence-electron chi connectivity index (χ2n) is 4.98. The molecule has 0 saturated carbocycles. The van der Waals surface area contributed by atoms with Gasteiger partial charge in [-0.15, -0.1) is 0 Å². The molecule has 0 spiro atoms. The van der Waals surface area contributed by atoms with Crippen LogP contribution in [-0.2, 0) is 4.79 Å². The third-order valence-corrected chi connectivity index (χ3v) is 3.40. The number of hydrogen-bond donors (Lipinski definition) is 0.